The Morgan fingerprint density at radius 1 is 1.08 bits per heavy atom. The highest BCUT2D eigenvalue weighted by Gasteiger charge is 2.15. The van der Waals surface area contributed by atoms with Crippen molar-refractivity contribution < 1.29 is 13.2 Å². The van der Waals surface area contributed by atoms with Gasteiger partial charge < -0.3 is 4.74 Å². The molecule has 130 valence electrons. The average molecular weight is 368 g/mol. The quantitative estimate of drug-likeness (QED) is 0.689. The van der Waals surface area contributed by atoms with Crippen LogP contribution in [0.25, 0.3) is 0 Å². The van der Waals surface area contributed by atoms with Crippen LogP contribution in [0.1, 0.15) is 18.9 Å². The molecule has 0 fully saturated rings. The Morgan fingerprint density at radius 3 is 2.38 bits per heavy atom. The Bertz CT molecular complexity index is 718. The molecule has 24 heavy (non-hydrogen) atoms. The summed E-state index contributed by atoms with van der Waals surface area (Å²) in [6.07, 6.45) is 1.45. The van der Waals surface area contributed by atoms with Gasteiger partial charge in [-0.05, 0) is 49.6 Å². The third-order valence-corrected chi connectivity index (χ3v) is 5.18. The maximum atomic E-state index is 12.3. The number of sulfonamides is 1. The van der Waals surface area contributed by atoms with Crippen LogP contribution in [-0.2, 0) is 16.4 Å². The normalized spacial score (nSPS) is 12.8. The SMILES string of the molecule is CC(CNS(=O)(=O)c1ccc(CCCCl)cc1)Oc1ccccc1. The number of benzene rings is 2. The zero-order valence-corrected chi connectivity index (χ0v) is 15.2. The fourth-order valence-corrected chi connectivity index (χ4v) is 3.44. The molecule has 2 aromatic rings. The highest BCUT2D eigenvalue weighted by atomic mass is 35.5. The molecule has 0 saturated carbocycles. The van der Waals surface area contributed by atoms with E-state index < -0.39 is 10.0 Å². The van der Waals surface area contributed by atoms with Gasteiger partial charge in [0.05, 0.1) is 4.90 Å². The van der Waals surface area contributed by atoms with Gasteiger partial charge in [0.1, 0.15) is 11.9 Å². The molecule has 1 unspecified atom stereocenters. The lowest BCUT2D eigenvalue weighted by Gasteiger charge is -2.15. The zero-order valence-electron chi connectivity index (χ0n) is 13.6. The van der Waals surface area contributed by atoms with E-state index in [4.69, 9.17) is 16.3 Å². The minimum absolute atomic E-state index is 0.200. The number of halogens is 1. The van der Waals surface area contributed by atoms with Gasteiger partial charge in [-0.1, -0.05) is 30.3 Å². The van der Waals surface area contributed by atoms with Gasteiger partial charge in [-0.3, -0.25) is 0 Å². The van der Waals surface area contributed by atoms with E-state index in [1.807, 2.05) is 49.4 Å². The average Bonchev–Trinajstić information content (AvgIpc) is 2.59. The van der Waals surface area contributed by atoms with Crippen molar-refractivity contribution in [3.05, 3.63) is 60.2 Å². The molecule has 0 aliphatic rings. The summed E-state index contributed by atoms with van der Waals surface area (Å²) in [6, 6.07) is 16.2. The molecule has 0 bridgehead atoms. The molecule has 0 saturated heterocycles. The first-order chi connectivity index (χ1) is 11.5. The van der Waals surface area contributed by atoms with E-state index >= 15 is 0 Å². The minimum Gasteiger partial charge on any atom is -0.489 e. The Morgan fingerprint density at radius 2 is 1.75 bits per heavy atom. The molecule has 0 radical (unpaired) electrons. The largest absolute Gasteiger partial charge is 0.489 e. The molecule has 0 aromatic heterocycles. The van der Waals surface area contributed by atoms with Crippen LogP contribution in [0.2, 0.25) is 0 Å². The Hall–Kier alpha value is -1.56. The number of hydrogen-bond donors (Lipinski definition) is 1. The number of aryl methyl sites for hydroxylation is 1. The smallest absolute Gasteiger partial charge is 0.240 e. The van der Waals surface area contributed by atoms with Crippen LogP contribution in [0.4, 0.5) is 0 Å². The number of nitrogens with one attached hydrogen (secondary N) is 1. The number of ether oxygens (including phenoxy) is 1. The summed E-state index contributed by atoms with van der Waals surface area (Å²) in [5.41, 5.74) is 1.08. The van der Waals surface area contributed by atoms with Crippen molar-refractivity contribution in [2.24, 2.45) is 0 Å². The third kappa shape index (κ3) is 5.82. The fraction of sp³-hybridized carbons (Fsp3) is 0.333. The summed E-state index contributed by atoms with van der Waals surface area (Å²) in [7, 11) is -3.54. The van der Waals surface area contributed by atoms with Gasteiger partial charge in [-0.2, -0.15) is 0 Å². The molecule has 0 heterocycles. The predicted molar refractivity (Wildman–Crippen MR) is 97.2 cm³/mol. The van der Waals surface area contributed by atoms with Crippen LogP contribution < -0.4 is 9.46 Å². The third-order valence-electron chi connectivity index (χ3n) is 3.47. The molecule has 0 spiro atoms. The summed E-state index contributed by atoms with van der Waals surface area (Å²) < 4.78 is 32.9. The molecular weight excluding hydrogens is 346 g/mol. The van der Waals surface area contributed by atoms with Gasteiger partial charge in [-0.25, -0.2) is 13.1 Å². The number of para-hydroxylation sites is 1. The zero-order chi connectivity index (χ0) is 17.4. The second-order valence-corrected chi connectivity index (χ2v) is 7.67. The van der Waals surface area contributed by atoms with Crippen molar-refractivity contribution >= 4 is 21.6 Å². The summed E-state index contributed by atoms with van der Waals surface area (Å²) in [4.78, 5) is 0.254. The lowest BCUT2D eigenvalue weighted by Crippen LogP contribution is -2.33. The Labute approximate surface area is 148 Å². The van der Waals surface area contributed by atoms with Crippen LogP contribution in [-0.4, -0.2) is 26.9 Å². The molecule has 1 atom stereocenters. The maximum Gasteiger partial charge on any atom is 0.240 e. The van der Waals surface area contributed by atoms with Gasteiger partial charge >= 0.3 is 0 Å². The number of hydrogen-bond acceptors (Lipinski definition) is 3. The van der Waals surface area contributed by atoms with Crippen molar-refractivity contribution in [3.63, 3.8) is 0 Å². The van der Waals surface area contributed by atoms with Crippen molar-refractivity contribution in [1.82, 2.24) is 4.72 Å². The summed E-state index contributed by atoms with van der Waals surface area (Å²) in [6.45, 7) is 2.02. The molecule has 6 heteroatoms. The second kappa shape index (κ2) is 9.06. The second-order valence-electron chi connectivity index (χ2n) is 5.53. The van der Waals surface area contributed by atoms with Gasteiger partial charge in [0.2, 0.25) is 10.0 Å². The topological polar surface area (TPSA) is 55.4 Å². The van der Waals surface area contributed by atoms with Gasteiger partial charge in [0.15, 0.2) is 0 Å². The van der Waals surface area contributed by atoms with Crippen LogP contribution in [0, 0.1) is 0 Å². The van der Waals surface area contributed by atoms with Gasteiger partial charge in [0, 0.05) is 12.4 Å². The van der Waals surface area contributed by atoms with Crippen LogP contribution >= 0.6 is 11.6 Å². The lowest BCUT2D eigenvalue weighted by atomic mass is 10.1. The van der Waals surface area contributed by atoms with E-state index in [0.29, 0.717) is 11.6 Å². The monoisotopic (exact) mass is 367 g/mol. The van der Waals surface area contributed by atoms with E-state index in [1.165, 1.54) is 0 Å². The van der Waals surface area contributed by atoms with Crippen molar-refractivity contribution in [1.29, 1.82) is 0 Å². The summed E-state index contributed by atoms with van der Waals surface area (Å²) >= 11 is 5.67. The van der Waals surface area contributed by atoms with Gasteiger partial charge in [0.25, 0.3) is 0 Å². The molecule has 1 N–H and O–H groups in total. The van der Waals surface area contributed by atoms with Crippen LogP contribution in [0.15, 0.2) is 59.5 Å². The maximum absolute atomic E-state index is 12.3. The number of alkyl halides is 1. The fourth-order valence-electron chi connectivity index (χ4n) is 2.19. The standard InChI is InChI=1S/C18H22ClNO3S/c1-15(23-17-7-3-2-4-8-17)14-20-24(21,22)18-11-9-16(10-12-18)6-5-13-19/h2-4,7-12,15,20H,5-6,13-14H2,1H3. The van der Waals surface area contributed by atoms with E-state index in [0.717, 1.165) is 18.4 Å². The molecule has 2 aromatic carbocycles. The van der Waals surface area contributed by atoms with E-state index in [9.17, 15) is 8.42 Å². The summed E-state index contributed by atoms with van der Waals surface area (Å²) in [5.74, 6) is 1.31. The molecule has 0 aliphatic carbocycles. The highest BCUT2D eigenvalue weighted by Crippen LogP contribution is 2.13. The first kappa shape index (κ1) is 18.8. The van der Waals surface area contributed by atoms with E-state index in [-0.39, 0.29) is 17.5 Å². The first-order valence-electron chi connectivity index (χ1n) is 7.87. The van der Waals surface area contributed by atoms with E-state index in [2.05, 4.69) is 4.72 Å². The van der Waals surface area contributed by atoms with Crippen LogP contribution in [0.3, 0.4) is 0 Å². The molecular formula is C18H22ClNO3S. The molecule has 0 amide bonds. The Kier molecular flexibility index (Phi) is 7.09. The van der Waals surface area contributed by atoms with Crippen molar-refractivity contribution in [2.75, 3.05) is 12.4 Å². The lowest BCUT2D eigenvalue weighted by molar-refractivity contribution is 0.225. The first-order valence-corrected chi connectivity index (χ1v) is 9.89. The molecule has 0 aliphatic heterocycles. The minimum atomic E-state index is -3.54. The molecule has 2 rings (SSSR count). The molecule has 4 nitrogen and oxygen atoms in total. The van der Waals surface area contributed by atoms with Crippen LogP contribution in [0.5, 0.6) is 5.75 Å². The van der Waals surface area contributed by atoms with Gasteiger partial charge in [-0.15, -0.1) is 11.6 Å². The number of rotatable bonds is 9. The van der Waals surface area contributed by atoms with Crippen molar-refractivity contribution in [2.45, 2.75) is 30.8 Å². The Balaban J connectivity index is 1.90. The van der Waals surface area contributed by atoms with E-state index in [1.54, 1.807) is 12.1 Å². The predicted octanol–water partition coefficient (Wildman–Crippen LogP) is 3.60. The summed E-state index contributed by atoms with van der Waals surface area (Å²) in [5, 5.41) is 0. The van der Waals surface area contributed by atoms with Crippen molar-refractivity contribution in [3.8, 4) is 5.75 Å². The highest BCUT2D eigenvalue weighted by molar-refractivity contribution is 7.89.